The fourth-order valence-electron chi connectivity index (χ4n) is 4.56. The second-order valence-electron chi connectivity index (χ2n) is 9.58. The van der Waals surface area contributed by atoms with E-state index in [4.69, 9.17) is 23.4 Å². The van der Waals surface area contributed by atoms with Gasteiger partial charge < -0.3 is 64.2 Å². The summed E-state index contributed by atoms with van der Waals surface area (Å²) in [5, 5.41) is 80.2. The largest absolute Gasteiger partial charge is 0.508 e. The third-order valence-electron chi connectivity index (χ3n) is 6.83. The maximum atomic E-state index is 13.6. The molecule has 0 unspecified atom stereocenters. The Bertz CT molecular complexity index is 1420. The van der Waals surface area contributed by atoms with E-state index in [1.165, 1.54) is 37.3 Å². The summed E-state index contributed by atoms with van der Waals surface area (Å²) in [5.74, 6) is -1.54. The number of ether oxygens (including phenoxy) is 4. The van der Waals surface area contributed by atoms with Gasteiger partial charge in [0.05, 0.1) is 12.7 Å². The smallest absolute Gasteiger partial charge is 0.239 e. The highest BCUT2D eigenvalue weighted by Crippen LogP contribution is 2.38. The molecule has 1 aromatic heterocycles. The third-order valence-corrected chi connectivity index (χ3v) is 6.83. The number of aromatic hydroxyl groups is 2. The monoisotopic (exact) mass is 564 g/mol. The Balaban J connectivity index is 1.58. The SMILES string of the molecule is C[C@@H]1O[C@H](Oc2cc(O)c3c(=O)c(O[C@@H]4O[C@H](CO)[C@H](O)[C@@H]4O)c(-c4ccc(O)cc4)oc3c2)[C@@H](O)[C@@H](O)[C@H]1O. The Morgan fingerprint density at radius 1 is 0.825 bits per heavy atom. The summed E-state index contributed by atoms with van der Waals surface area (Å²) in [7, 11) is 0. The molecule has 8 N–H and O–H groups in total. The number of fused-ring (bicyclic) bond motifs is 1. The van der Waals surface area contributed by atoms with Crippen LogP contribution in [-0.4, -0.2) is 103 Å². The van der Waals surface area contributed by atoms with Gasteiger partial charge in [-0.15, -0.1) is 0 Å². The molecule has 0 spiro atoms. The van der Waals surface area contributed by atoms with Gasteiger partial charge in [-0.1, -0.05) is 0 Å². The first kappa shape index (κ1) is 28.1. The van der Waals surface area contributed by atoms with Crippen LogP contribution in [0.1, 0.15) is 6.92 Å². The van der Waals surface area contributed by atoms with Gasteiger partial charge in [0.15, 0.2) is 5.76 Å². The standard InChI is InChI=1S/C26H28O14/c1-9-17(30)20(33)22(35)25(36-9)37-12-6-13(29)16-14(7-12)38-23(10-2-4-11(28)5-3-10)24(19(16)32)40-26-21(34)18(31)15(8-27)39-26/h2-7,9,15,17-18,20-22,25-31,33-35H,8H2,1H3/t9-,15+,17-,18-,20-,21-,22-,25+,26-/m0/s1. The maximum Gasteiger partial charge on any atom is 0.239 e. The summed E-state index contributed by atoms with van der Waals surface area (Å²) in [5.41, 5.74) is -0.857. The highest BCUT2D eigenvalue weighted by Gasteiger charge is 2.45. The van der Waals surface area contributed by atoms with E-state index in [2.05, 4.69) is 0 Å². The number of phenols is 2. The molecule has 0 bridgehead atoms. The zero-order valence-electron chi connectivity index (χ0n) is 20.9. The van der Waals surface area contributed by atoms with Gasteiger partial charge >= 0.3 is 0 Å². The quantitative estimate of drug-likeness (QED) is 0.178. The van der Waals surface area contributed by atoms with Crippen molar-refractivity contribution in [3.05, 3.63) is 46.6 Å². The molecule has 0 aliphatic carbocycles. The van der Waals surface area contributed by atoms with Crippen molar-refractivity contribution in [1.29, 1.82) is 0 Å². The average molecular weight is 564 g/mol. The van der Waals surface area contributed by atoms with Crippen molar-refractivity contribution < 1.29 is 64.2 Å². The summed E-state index contributed by atoms with van der Waals surface area (Å²) in [6, 6.07) is 7.70. The summed E-state index contributed by atoms with van der Waals surface area (Å²) in [6.07, 6.45) is -12.8. The van der Waals surface area contributed by atoms with E-state index >= 15 is 0 Å². The summed E-state index contributed by atoms with van der Waals surface area (Å²) < 4.78 is 27.9. The minimum atomic E-state index is -1.64. The lowest BCUT2D eigenvalue weighted by Crippen LogP contribution is -2.58. The first-order chi connectivity index (χ1) is 19.0. The number of hydrogen-bond acceptors (Lipinski definition) is 14. The lowest BCUT2D eigenvalue weighted by atomic mass is 10.00. The van der Waals surface area contributed by atoms with Crippen LogP contribution in [0.4, 0.5) is 0 Å². The first-order valence-electron chi connectivity index (χ1n) is 12.3. The normalized spacial score (nSPS) is 32.3. The fraction of sp³-hybridized carbons (Fsp3) is 0.423. The van der Waals surface area contributed by atoms with Crippen molar-refractivity contribution in [2.75, 3.05) is 6.61 Å². The summed E-state index contributed by atoms with van der Waals surface area (Å²) in [4.78, 5) is 13.6. The lowest BCUT2D eigenvalue weighted by molar-refractivity contribution is -0.268. The first-order valence-corrected chi connectivity index (χ1v) is 12.3. The third kappa shape index (κ3) is 4.95. The van der Waals surface area contributed by atoms with E-state index < -0.39 is 78.8 Å². The van der Waals surface area contributed by atoms with Crippen LogP contribution in [0.2, 0.25) is 0 Å². The van der Waals surface area contributed by atoms with Crippen LogP contribution < -0.4 is 14.9 Å². The van der Waals surface area contributed by atoms with E-state index in [1.807, 2.05) is 0 Å². The van der Waals surface area contributed by atoms with Crippen LogP contribution in [0.5, 0.6) is 23.0 Å². The van der Waals surface area contributed by atoms with Crippen LogP contribution >= 0.6 is 0 Å². The molecule has 0 amide bonds. The molecule has 2 fully saturated rings. The fourth-order valence-corrected chi connectivity index (χ4v) is 4.56. The van der Waals surface area contributed by atoms with Crippen LogP contribution in [-0.2, 0) is 9.47 Å². The van der Waals surface area contributed by atoms with Crippen LogP contribution in [0.15, 0.2) is 45.6 Å². The minimum absolute atomic E-state index is 0.0845. The van der Waals surface area contributed by atoms with Crippen molar-refractivity contribution >= 4 is 11.0 Å². The highest BCUT2D eigenvalue weighted by atomic mass is 16.7. The number of aliphatic hydroxyl groups excluding tert-OH is 6. The molecule has 5 rings (SSSR count). The number of hydrogen-bond donors (Lipinski definition) is 8. The zero-order valence-corrected chi connectivity index (χ0v) is 20.9. The molecule has 3 heterocycles. The topological polar surface area (TPSA) is 229 Å². The molecule has 3 aromatic rings. The Labute approximate surface area is 225 Å². The number of aliphatic hydroxyl groups is 6. The van der Waals surface area contributed by atoms with Gasteiger partial charge in [-0.05, 0) is 31.2 Å². The molecule has 216 valence electrons. The van der Waals surface area contributed by atoms with Gasteiger partial charge in [-0.25, -0.2) is 0 Å². The Morgan fingerprint density at radius 3 is 2.12 bits per heavy atom. The molecule has 0 radical (unpaired) electrons. The van der Waals surface area contributed by atoms with Crippen molar-refractivity contribution in [1.82, 2.24) is 0 Å². The van der Waals surface area contributed by atoms with Gasteiger partial charge in [0, 0.05) is 17.7 Å². The predicted octanol–water partition coefficient (Wildman–Crippen LogP) is -1.10. The van der Waals surface area contributed by atoms with Gasteiger partial charge in [0.1, 0.15) is 64.8 Å². The Hall–Kier alpha value is -3.47. The zero-order chi connectivity index (χ0) is 28.9. The number of phenolic OH excluding ortho intramolecular Hbond substituents is 2. The van der Waals surface area contributed by atoms with Crippen LogP contribution in [0.25, 0.3) is 22.3 Å². The van der Waals surface area contributed by atoms with Gasteiger partial charge in [0.2, 0.25) is 23.8 Å². The number of rotatable bonds is 6. The molecule has 14 nitrogen and oxygen atoms in total. The molecule has 0 saturated carbocycles. The van der Waals surface area contributed by atoms with E-state index in [0.29, 0.717) is 0 Å². The van der Waals surface area contributed by atoms with Crippen LogP contribution in [0, 0.1) is 0 Å². The molecule has 40 heavy (non-hydrogen) atoms. The van der Waals surface area contributed by atoms with Crippen LogP contribution in [0.3, 0.4) is 0 Å². The average Bonchev–Trinajstić information content (AvgIpc) is 3.20. The predicted molar refractivity (Wildman–Crippen MR) is 133 cm³/mol. The second kappa shape index (κ2) is 10.8. The Morgan fingerprint density at radius 2 is 1.48 bits per heavy atom. The molecule has 2 aliphatic rings. The summed E-state index contributed by atoms with van der Waals surface area (Å²) >= 11 is 0. The van der Waals surface area contributed by atoms with E-state index in [1.54, 1.807) is 0 Å². The maximum absolute atomic E-state index is 13.6. The highest BCUT2D eigenvalue weighted by molar-refractivity contribution is 5.88. The Kier molecular flexibility index (Phi) is 7.60. The second-order valence-corrected chi connectivity index (χ2v) is 9.58. The molecule has 2 saturated heterocycles. The molecule has 14 heteroatoms. The molecule has 2 aliphatic heterocycles. The van der Waals surface area contributed by atoms with E-state index in [-0.39, 0.29) is 33.8 Å². The summed E-state index contributed by atoms with van der Waals surface area (Å²) in [6.45, 7) is 0.832. The molecular weight excluding hydrogens is 536 g/mol. The van der Waals surface area contributed by atoms with Crippen molar-refractivity contribution in [2.45, 2.75) is 62.2 Å². The van der Waals surface area contributed by atoms with Gasteiger partial charge in [-0.3, -0.25) is 4.79 Å². The van der Waals surface area contributed by atoms with Gasteiger partial charge in [0.25, 0.3) is 0 Å². The van der Waals surface area contributed by atoms with E-state index in [0.717, 1.165) is 6.07 Å². The lowest BCUT2D eigenvalue weighted by Gasteiger charge is -2.38. The van der Waals surface area contributed by atoms with Gasteiger partial charge in [-0.2, -0.15) is 0 Å². The molecule has 2 aromatic carbocycles. The molecule has 9 atom stereocenters. The number of benzene rings is 2. The van der Waals surface area contributed by atoms with Crippen molar-refractivity contribution in [2.24, 2.45) is 0 Å². The van der Waals surface area contributed by atoms with E-state index in [9.17, 15) is 45.6 Å². The van der Waals surface area contributed by atoms with Crippen molar-refractivity contribution in [3.8, 4) is 34.3 Å². The van der Waals surface area contributed by atoms with Crippen molar-refractivity contribution in [3.63, 3.8) is 0 Å². The minimum Gasteiger partial charge on any atom is -0.508 e. The molecular formula is C26H28O14.